The Labute approximate surface area is 173 Å². The summed E-state index contributed by atoms with van der Waals surface area (Å²) in [5, 5.41) is 3.18. The van der Waals surface area contributed by atoms with E-state index in [0.29, 0.717) is 30.3 Å². The second-order valence-electron chi connectivity index (χ2n) is 7.04. The maximum absolute atomic E-state index is 13.7. The van der Waals surface area contributed by atoms with Crippen molar-refractivity contribution in [2.45, 2.75) is 26.4 Å². The number of benzene rings is 2. The highest BCUT2D eigenvalue weighted by Crippen LogP contribution is 2.34. The zero-order chi connectivity index (χ0) is 21.3. The van der Waals surface area contributed by atoms with Crippen LogP contribution in [0.3, 0.4) is 0 Å². The van der Waals surface area contributed by atoms with E-state index in [9.17, 15) is 13.2 Å². The number of allylic oxidation sites excluding steroid dienone is 1. The first kappa shape index (κ1) is 19.9. The lowest BCUT2D eigenvalue weighted by Gasteiger charge is -2.30. The van der Waals surface area contributed by atoms with E-state index < -0.39 is 11.6 Å². The average Bonchev–Trinajstić information content (AvgIpc) is 3.10. The van der Waals surface area contributed by atoms with Crippen LogP contribution in [0.5, 0.6) is 0 Å². The molecule has 1 N–H and O–H groups in total. The molecule has 0 atom stereocenters. The van der Waals surface area contributed by atoms with Crippen molar-refractivity contribution >= 4 is 11.5 Å². The van der Waals surface area contributed by atoms with Crippen molar-refractivity contribution in [3.63, 3.8) is 0 Å². The normalized spacial score (nSPS) is 13.0. The summed E-state index contributed by atoms with van der Waals surface area (Å²) in [6.45, 7) is 7.77. The molecule has 1 aliphatic heterocycles. The molecule has 2 heterocycles. The van der Waals surface area contributed by atoms with Gasteiger partial charge in [0.2, 0.25) is 0 Å². The van der Waals surface area contributed by atoms with Gasteiger partial charge in [-0.1, -0.05) is 13.5 Å². The van der Waals surface area contributed by atoms with Crippen LogP contribution < -0.4 is 5.32 Å². The molecule has 0 saturated carbocycles. The van der Waals surface area contributed by atoms with E-state index in [1.54, 1.807) is 12.1 Å². The third-order valence-electron chi connectivity index (χ3n) is 5.19. The number of imidazole rings is 1. The number of aromatic nitrogens is 2. The van der Waals surface area contributed by atoms with Gasteiger partial charge in [0.1, 0.15) is 23.2 Å². The number of nitrogens with zero attached hydrogens (tertiary/aromatic N) is 3. The van der Waals surface area contributed by atoms with E-state index in [-0.39, 0.29) is 5.82 Å². The highest BCUT2D eigenvalue weighted by molar-refractivity contribution is 5.76. The van der Waals surface area contributed by atoms with E-state index in [1.165, 1.54) is 18.2 Å². The van der Waals surface area contributed by atoms with Crippen LogP contribution in [-0.2, 0) is 13.1 Å². The Bertz CT molecular complexity index is 1130. The molecule has 0 aliphatic carbocycles. The summed E-state index contributed by atoms with van der Waals surface area (Å²) in [6, 6.07) is 9.70. The van der Waals surface area contributed by atoms with Crippen molar-refractivity contribution < 1.29 is 13.2 Å². The monoisotopic (exact) mass is 410 g/mol. The Morgan fingerprint density at radius 2 is 1.87 bits per heavy atom. The molecule has 1 aromatic heterocycles. The lowest BCUT2D eigenvalue weighted by Crippen LogP contribution is -2.33. The molecule has 154 valence electrons. The van der Waals surface area contributed by atoms with Crippen molar-refractivity contribution in [1.29, 1.82) is 0 Å². The van der Waals surface area contributed by atoms with Crippen LogP contribution >= 0.6 is 0 Å². The van der Waals surface area contributed by atoms with E-state index in [1.807, 2.05) is 4.57 Å². The Balaban J connectivity index is 1.78. The fraction of sp³-hybridized carbons (Fsp3) is 0.217. The predicted octanol–water partition coefficient (Wildman–Crippen LogP) is 5.61. The predicted molar refractivity (Wildman–Crippen MR) is 111 cm³/mol. The van der Waals surface area contributed by atoms with Gasteiger partial charge in [-0.15, -0.1) is 5.73 Å². The second-order valence-corrected chi connectivity index (χ2v) is 7.04. The number of rotatable bonds is 5. The molecule has 0 spiro atoms. The molecule has 0 fully saturated rings. The summed E-state index contributed by atoms with van der Waals surface area (Å²) in [5.41, 5.74) is 5.75. The van der Waals surface area contributed by atoms with Gasteiger partial charge in [-0.2, -0.15) is 0 Å². The summed E-state index contributed by atoms with van der Waals surface area (Å²) in [6.07, 6.45) is 0.814. The van der Waals surface area contributed by atoms with E-state index >= 15 is 0 Å². The van der Waals surface area contributed by atoms with Crippen LogP contribution in [0.2, 0.25) is 0 Å². The molecule has 0 saturated heterocycles. The molecule has 0 radical (unpaired) electrons. The summed E-state index contributed by atoms with van der Waals surface area (Å²) in [7, 11) is 0. The first-order valence-electron chi connectivity index (χ1n) is 9.71. The molecule has 1 aliphatic rings. The van der Waals surface area contributed by atoms with Crippen molar-refractivity contribution in [1.82, 2.24) is 14.5 Å². The molecule has 4 nitrogen and oxygen atoms in total. The molecule has 4 rings (SSSR count). The van der Waals surface area contributed by atoms with Gasteiger partial charge in [0.15, 0.2) is 11.6 Å². The molecule has 0 amide bonds. The van der Waals surface area contributed by atoms with Gasteiger partial charge in [0, 0.05) is 30.4 Å². The largest absolute Gasteiger partial charge is 0.359 e. The first-order chi connectivity index (χ1) is 14.5. The summed E-state index contributed by atoms with van der Waals surface area (Å²) < 4.78 is 42.5. The Hall–Kier alpha value is -3.44. The number of nitrogens with one attached hydrogen (secondary N) is 1. The third-order valence-corrected chi connectivity index (χ3v) is 5.19. The quantitative estimate of drug-likeness (QED) is 0.556. The lowest BCUT2D eigenvalue weighted by atomic mass is 10.1. The van der Waals surface area contributed by atoms with Crippen molar-refractivity contribution in [2.24, 2.45) is 0 Å². The fourth-order valence-electron chi connectivity index (χ4n) is 3.67. The Kier molecular flexibility index (Phi) is 5.38. The minimum absolute atomic E-state index is 0.340. The summed E-state index contributed by atoms with van der Waals surface area (Å²) in [4.78, 5) is 6.97. The summed E-state index contributed by atoms with van der Waals surface area (Å²) in [5.74, 6) is -0.715. The fourth-order valence-corrected chi connectivity index (χ4v) is 3.67. The van der Waals surface area contributed by atoms with Gasteiger partial charge >= 0.3 is 0 Å². The van der Waals surface area contributed by atoms with Crippen molar-refractivity contribution in [3.8, 4) is 11.3 Å². The third kappa shape index (κ3) is 3.72. The molecule has 3 aromatic rings. The van der Waals surface area contributed by atoms with Crippen LogP contribution in [0.15, 0.2) is 60.5 Å². The van der Waals surface area contributed by atoms with Crippen LogP contribution in [0.4, 0.5) is 24.7 Å². The average molecular weight is 410 g/mol. The maximum atomic E-state index is 13.7. The van der Waals surface area contributed by atoms with Crippen LogP contribution in [-0.4, -0.2) is 21.0 Å². The SMILES string of the molecule is C=C=C(CC)N1CCn2c(nc(-c3ccc(F)cc3)c2Nc2ccc(F)c(F)c2)C1. The molecule has 7 heteroatoms. The molecule has 2 aromatic carbocycles. The molecule has 0 unspecified atom stereocenters. The molecule has 30 heavy (non-hydrogen) atoms. The molecular formula is C23H21F3N4. The van der Waals surface area contributed by atoms with Gasteiger partial charge in [-0.25, -0.2) is 18.2 Å². The Morgan fingerprint density at radius 3 is 2.53 bits per heavy atom. The molecule has 0 bridgehead atoms. The smallest absolute Gasteiger partial charge is 0.160 e. The van der Waals surface area contributed by atoms with Gasteiger partial charge in [-0.3, -0.25) is 0 Å². The number of hydrogen-bond donors (Lipinski definition) is 1. The van der Waals surface area contributed by atoms with E-state index in [4.69, 9.17) is 4.98 Å². The second kappa shape index (κ2) is 8.13. The van der Waals surface area contributed by atoms with E-state index in [2.05, 4.69) is 29.5 Å². The number of fused-ring (bicyclic) bond motifs is 1. The van der Waals surface area contributed by atoms with Crippen LogP contribution in [0.25, 0.3) is 11.3 Å². The minimum Gasteiger partial charge on any atom is -0.359 e. The van der Waals surface area contributed by atoms with Crippen LogP contribution in [0, 0.1) is 17.5 Å². The van der Waals surface area contributed by atoms with Gasteiger partial charge in [-0.05, 0) is 42.8 Å². The van der Waals surface area contributed by atoms with Crippen molar-refractivity contribution in [2.75, 3.05) is 11.9 Å². The zero-order valence-corrected chi connectivity index (χ0v) is 16.6. The highest BCUT2D eigenvalue weighted by Gasteiger charge is 2.25. The summed E-state index contributed by atoms with van der Waals surface area (Å²) >= 11 is 0. The van der Waals surface area contributed by atoms with Crippen LogP contribution in [0.1, 0.15) is 19.2 Å². The first-order valence-corrected chi connectivity index (χ1v) is 9.71. The number of halogens is 3. The Morgan fingerprint density at radius 1 is 1.10 bits per heavy atom. The highest BCUT2D eigenvalue weighted by atomic mass is 19.2. The topological polar surface area (TPSA) is 33.1 Å². The van der Waals surface area contributed by atoms with Crippen molar-refractivity contribution in [3.05, 3.63) is 83.7 Å². The van der Waals surface area contributed by atoms with Gasteiger partial charge < -0.3 is 14.8 Å². The number of hydrogen-bond acceptors (Lipinski definition) is 3. The van der Waals surface area contributed by atoms with Gasteiger partial charge in [0.05, 0.1) is 12.2 Å². The van der Waals surface area contributed by atoms with E-state index in [0.717, 1.165) is 42.2 Å². The minimum atomic E-state index is -0.934. The maximum Gasteiger partial charge on any atom is 0.160 e. The standard InChI is InChI=1S/C23H21F3N4/c1-3-18(4-2)29-11-12-30-21(14-29)28-22(15-5-7-16(24)8-6-15)23(30)27-17-9-10-19(25)20(26)13-17/h5-10,13,27H,1,4,11-12,14H2,2H3. The molecular weight excluding hydrogens is 389 g/mol. The zero-order valence-electron chi connectivity index (χ0n) is 16.6. The lowest BCUT2D eigenvalue weighted by molar-refractivity contribution is 0.268. The number of anilines is 2. The van der Waals surface area contributed by atoms with Gasteiger partial charge in [0.25, 0.3) is 0 Å².